The van der Waals surface area contributed by atoms with E-state index in [0.29, 0.717) is 0 Å². The first-order valence-corrected chi connectivity index (χ1v) is 16.4. The standard InChI is InChI=1S/C34H42N2P2/c1-26(30-23-16-17-27(36-30)25-37(33(2,3)4)34(5,6)7)35-31-22-14-15-24-32(31)38(28-18-10-8-11-19-28)29-20-12-9-13-21-29/h8-24,26,35H,25H2,1-7H3. The van der Waals surface area contributed by atoms with Crippen LogP contribution in [0.15, 0.2) is 103 Å². The molecule has 2 nitrogen and oxygen atoms in total. The van der Waals surface area contributed by atoms with Crippen molar-refractivity contribution in [3.8, 4) is 0 Å². The summed E-state index contributed by atoms with van der Waals surface area (Å²) in [6, 6.07) is 37.2. The fraction of sp³-hybridized carbons (Fsp3) is 0.324. The molecule has 1 unspecified atom stereocenters. The molecule has 1 aromatic heterocycles. The van der Waals surface area contributed by atoms with Crippen LogP contribution in [0.25, 0.3) is 0 Å². The Bertz CT molecular complexity index is 1250. The Morgan fingerprint density at radius 1 is 0.658 bits per heavy atom. The Morgan fingerprint density at radius 2 is 1.18 bits per heavy atom. The molecule has 4 heteroatoms. The topological polar surface area (TPSA) is 24.9 Å². The van der Waals surface area contributed by atoms with Crippen molar-refractivity contribution in [3.05, 3.63) is 115 Å². The fourth-order valence-electron chi connectivity index (χ4n) is 5.15. The van der Waals surface area contributed by atoms with E-state index in [4.69, 9.17) is 4.98 Å². The van der Waals surface area contributed by atoms with E-state index in [0.717, 1.165) is 11.9 Å². The number of pyridine rings is 1. The van der Waals surface area contributed by atoms with Crippen molar-refractivity contribution in [1.82, 2.24) is 4.98 Å². The molecule has 0 spiro atoms. The van der Waals surface area contributed by atoms with Gasteiger partial charge in [0.1, 0.15) is 0 Å². The molecule has 0 aliphatic rings. The molecule has 0 aliphatic heterocycles. The van der Waals surface area contributed by atoms with E-state index in [2.05, 4.69) is 157 Å². The number of hydrogen-bond acceptors (Lipinski definition) is 2. The fourth-order valence-corrected chi connectivity index (χ4v) is 11.0. The SMILES string of the molecule is CC(Nc1ccccc1P(c1ccccc1)c1ccccc1)c1cccc(CP(C(C)(C)C)C(C)(C)C)n1. The van der Waals surface area contributed by atoms with E-state index in [1.165, 1.54) is 27.3 Å². The van der Waals surface area contributed by atoms with Crippen LogP contribution in [0.2, 0.25) is 0 Å². The third-order valence-electron chi connectivity index (χ3n) is 6.76. The third kappa shape index (κ3) is 7.11. The van der Waals surface area contributed by atoms with Gasteiger partial charge in [-0.1, -0.05) is 134 Å². The largest absolute Gasteiger partial charge is 0.376 e. The summed E-state index contributed by atoms with van der Waals surface area (Å²) in [4.78, 5) is 5.19. The van der Waals surface area contributed by atoms with Crippen molar-refractivity contribution in [1.29, 1.82) is 0 Å². The second-order valence-electron chi connectivity index (χ2n) is 11.9. The van der Waals surface area contributed by atoms with E-state index in [1.807, 2.05) is 0 Å². The van der Waals surface area contributed by atoms with E-state index >= 15 is 0 Å². The lowest BCUT2D eigenvalue weighted by Gasteiger charge is -2.41. The highest BCUT2D eigenvalue weighted by Crippen LogP contribution is 2.61. The lowest BCUT2D eigenvalue weighted by Crippen LogP contribution is -2.26. The van der Waals surface area contributed by atoms with Gasteiger partial charge in [-0.25, -0.2) is 0 Å². The second-order valence-corrected chi connectivity index (χ2v) is 17.9. The maximum absolute atomic E-state index is 5.19. The first-order valence-electron chi connectivity index (χ1n) is 13.5. The molecule has 0 radical (unpaired) electrons. The second kappa shape index (κ2) is 12.1. The molecule has 1 atom stereocenters. The number of hydrogen-bond donors (Lipinski definition) is 1. The molecule has 1 heterocycles. The van der Waals surface area contributed by atoms with Crippen LogP contribution >= 0.6 is 15.8 Å². The number of rotatable bonds is 8. The molecule has 38 heavy (non-hydrogen) atoms. The summed E-state index contributed by atoms with van der Waals surface area (Å²) in [5.41, 5.74) is 3.48. The predicted octanol–water partition coefficient (Wildman–Crippen LogP) is 8.59. The van der Waals surface area contributed by atoms with Crippen LogP contribution in [-0.4, -0.2) is 15.3 Å². The summed E-state index contributed by atoms with van der Waals surface area (Å²) in [7, 11) is -0.935. The Labute approximate surface area is 232 Å². The Balaban J connectivity index is 1.64. The highest BCUT2D eigenvalue weighted by molar-refractivity contribution is 7.80. The van der Waals surface area contributed by atoms with Crippen molar-refractivity contribution < 1.29 is 0 Å². The van der Waals surface area contributed by atoms with Gasteiger partial charge in [0.25, 0.3) is 0 Å². The lowest BCUT2D eigenvalue weighted by atomic mass is 10.2. The van der Waals surface area contributed by atoms with Crippen LogP contribution in [0.1, 0.15) is 65.9 Å². The number of para-hydroxylation sites is 1. The van der Waals surface area contributed by atoms with E-state index < -0.39 is 7.92 Å². The maximum atomic E-state index is 5.19. The first kappa shape index (κ1) is 28.5. The molecular weight excluding hydrogens is 498 g/mol. The average molecular weight is 541 g/mol. The van der Waals surface area contributed by atoms with Crippen LogP contribution in [0.4, 0.5) is 5.69 Å². The summed E-state index contributed by atoms with van der Waals surface area (Å²) in [6.45, 7) is 16.5. The van der Waals surface area contributed by atoms with Crippen molar-refractivity contribution >= 4 is 37.4 Å². The van der Waals surface area contributed by atoms with Gasteiger partial charge in [0.15, 0.2) is 0 Å². The van der Waals surface area contributed by atoms with Gasteiger partial charge >= 0.3 is 0 Å². The van der Waals surface area contributed by atoms with Crippen LogP contribution in [0.3, 0.4) is 0 Å². The van der Waals surface area contributed by atoms with Gasteiger partial charge < -0.3 is 5.32 Å². The summed E-state index contributed by atoms with van der Waals surface area (Å²) >= 11 is 0. The zero-order chi connectivity index (χ0) is 27.3. The maximum Gasteiger partial charge on any atom is 0.0657 e. The number of nitrogens with one attached hydrogen (secondary N) is 1. The summed E-state index contributed by atoms with van der Waals surface area (Å²) in [6.07, 6.45) is 1.05. The molecule has 0 saturated carbocycles. The van der Waals surface area contributed by atoms with E-state index in [9.17, 15) is 0 Å². The van der Waals surface area contributed by atoms with Gasteiger partial charge in [-0.2, -0.15) is 0 Å². The molecule has 4 aromatic rings. The van der Waals surface area contributed by atoms with Crippen molar-refractivity contribution in [2.75, 3.05) is 5.32 Å². The lowest BCUT2D eigenvalue weighted by molar-refractivity contribution is 0.700. The van der Waals surface area contributed by atoms with Crippen molar-refractivity contribution in [2.45, 2.75) is 71.0 Å². The smallest absolute Gasteiger partial charge is 0.0657 e. The van der Waals surface area contributed by atoms with Crippen molar-refractivity contribution in [2.24, 2.45) is 0 Å². The minimum atomic E-state index is -0.691. The average Bonchev–Trinajstić information content (AvgIpc) is 2.88. The monoisotopic (exact) mass is 540 g/mol. The van der Waals surface area contributed by atoms with Crippen LogP contribution in [-0.2, 0) is 6.16 Å². The number of benzene rings is 3. The van der Waals surface area contributed by atoms with Crippen LogP contribution in [0, 0.1) is 0 Å². The molecule has 0 saturated heterocycles. The zero-order valence-corrected chi connectivity index (χ0v) is 25.7. The molecule has 0 fully saturated rings. The quantitative estimate of drug-likeness (QED) is 0.226. The summed E-state index contributed by atoms with van der Waals surface area (Å²) in [5.74, 6) is 0. The number of anilines is 1. The van der Waals surface area contributed by atoms with Gasteiger partial charge in [0.05, 0.1) is 11.7 Å². The van der Waals surface area contributed by atoms with Crippen molar-refractivity contribution in [3.63, 3.8) is 0 Å². The van der Waals surface area contributed by atoms with Gasteiger partial charge in [-0.15, -0.1) is 0 Å². The van der Waals surface area contributed by atoms with E-state index in [1.54, 1.807) is 0 Å². The minimum absolute atomic E-state index is 0.0926. The molecule has 3 aromatic carbocycles. The van der Waals surface area contributed by atoms with Gasteiger partial charge in [0.2, 0.25) is 0 Å². The number of aromatic nitrogens is 1. The zero-order valence-electron chi connectivity index (χ0n) is 23.9. The van der Waals surface area contributed by atoms with E-state index in [-0.39, 0.29) is 24.3 Å². The molecule has 198 valence electrons. The Morgan fingerprint density at radius 3 is 1.74 bits per heavy atom. The van der Waals surface area contributed by atoms with Gasteiger partial charge in [-0.05, 0) is 54.0 Å². The number of nitrogens with zero attached hydrogens (tertiary/aromatic N) is 1. The predicted molar refractivity (Wildman–Crippen MR) is 172 cm³/mol. The first-order chi connectivity index (χ1) is 18.0. The van der Waals surface area contributed by atoms with Gasteiger partial charge in [0, 0.05) is 22.8 Å². The minimum Gasteiger partial charge on any atom is -0.376 e. The summed E-state index contributed by atoms with van der Waals surface area (Å²) in [5, 5.41) is 8.45. The highest BCUT2D eigenvalue weighted by atomic mass is 31.1. The van der Waals surface area contributed by atoms with Gasteiger partial charge in [-0.3, -0.25) is 4.98 Å². The molecule has 0 aliphatic carbocycles. The molecule has 0 amide bonds. The van der Waals surface area contributed by atoms with Crippen LogP contribution in [0.5, 0.6) is 0 Å². The normalized spacial score (nSPS) is 13.1. The molecule has 4 rings (SSSR count). The molecule has 0 bridgehead atoms. The van der Waals surface area contributed by atoms with Crippen LogP contribution < -0.4 is 21.2 Å². The third-order valence-corrected chi connectivity index (χ3v) is 13.1. The summed E-state index contributed by atoms with van der Waals surface area (Å²) < 4.78 is 0. The Hall–Kier alpha value is -2.53. The molecular formula is C34H42N2P2. The highest BCUT2D eigenvalue weighted by Gasteiger charge is 2.34. The Kier molecular flexibility index (Phi) is 9.07. The molecule has 1 N–H and O–H groups in total.